The third-order valence-corrected chi connectivity index (χ3v) is 4.69. The number of nitrogens with zero attached hydrogens (tertiary/aromatic N) is 3. The van der Waals surface area contributed by atoms with Crippen LogP contribution in [0.4, 0.5) is 0 Å². The molecule has 0 radical (unpaired) electrons. The zero-order valence-electron chi connectivity index (χ0n) is 16.5. The molecule has 5 heteroatoms. The van der Waals surface area contributed by atoms with Crippen LogP contribution >= 0.6 is 0 Å². The van der Waals surface area contributed by atoms with Crippen LogP contribution in [0.5, 0.6) is 11.5 Å². The van der Waals surface area contributed by atoms with Gasteiger partial charge in [0.25, 0.3) is 0 Å². The molecule has 0 aliphatic rings. The van der Waals surface area contributed by atoms with Crippen molar-refractivity contribution in [1.29, 1.82) is 0 Å². The molecule has 3 aromatic carbocycles. The van der Waals surface area contributed by atoms with Crippen LogP contribution in [-0.2, 0) is 0 Å². The van der Waals surface area contributed by atoms with E-state index in [9.17, 15) is 5.11 Å². The number of benzene rings is 3. The van der Waals surface area contributed by atoms with Gasteiger partial charge >= 0.3 is 0 Å². The van der Waals surface area contributed by atoms with E-state index in [1.807, 2.05) is 74.5 Å². The van der Waals surface area contributed by atoms with E-state index in [2.05, 4.69) is 15.0 Å². The van der Waals surface area contributed by atoms with Gasteiger partial charge in [0.15, 0.2) is 17.5 Å². The first-order chi connectivity index (χ1) is 14.0. The van der Waals surface area contributed by atoms with Gasteiger partial charge in [0.05, 0.1) is 12.7 Å². The molecular formula is C24H21N3O2. The second-order valence-electron chi connectivity index (χ2n) is 6.92. The number of hydrogen-bond acceptors (Lipinski definition) is 5. The Bertz CT molecular complexity index is 1150. The second kappa shape index (κ2) is 7.72. The molecule has 0 bridgehead atoms. The molecule has 0 spiro atoms. The Morgan fingerprint density at radius 1 is 0.655 bits per heavy atom. The average molecular weight is 383 g/mol. The van der Waals surface area contributed by atoms with Gasteiger partial charge in [0, 0.05) is 11.1 Å². The van der Waals surface area contributed by atoms with E-state index in [4.69, 9.17) is 4.74 Å². The van der Waals surface area contributed by atoms with Crippen molar-refractivity contribution in [2.45, 2.75) is 13.8 Å². The smallest absolute Gasteiger partial charge is 0.167 e. The Labute approximate surface area is 169 Å². The maximum atomic E-state index is 10.5. The molecule has 0 saturated carbocycles. The van der Waals surface area contributed by atoms with Gasteiger partial charge in [0.1, 0.15) is 11.5 Å². The lowest BCUT2D eigenvalue weighted by atomic mass is 10.1. The van der Waals surface area contributed by atoms with Gasteiger partial charge in [-0.05, 0) is 55.8 Å². The lowest BCUT2D eigenvalue weighted by molar-refractivity contribution is 0.415. The number of aromatic nitrogens is 3. The summed E-state index contributed by atoms with van der Waals surface area (Å²) in [4.78, 5) is 14.0. The fourth-order valence-corrected chi connectivity index (χ4v) is 3.03. The van der Waals surface area contributed by atoms with Gasteiger partial charge in [-0.15, -0.1) is 0 Å². The summed E-state index contributed by atoms with van der Waals surface area (Å²) >= 11 is 0. The van der Waals surface area contributed by atoms with E-state index in [-0.39, 0.29) is 5.75 Å². The topological polar surface area (TPSA) is 68.1 Å². The molecular weight excluding hydrogens is 362 g/mol. The Kier molecular flexibility index (Phi) is 4.96. The van der Waals surface area contributed by atoms with Crippen molar-refractivity contribution in [3.8, 4) is 45.7 Å². The molecule has 0 aliphatic carbocycles. The zero-order valence-corrected chi connectivity index (χ0v) is 16.5. The number of ether oxygens (including phenoxy) is 1. The summed E-state index contributed by atoms with van der Waals surface area (Å²) in [5, 5.41) is 10.5. The number of methoxy groups -OCH3 is 1. The maximum Gasteiger partial charge on any atom is 0.167 e. The van der Waals surface area contributed by atoms with E-state index in [0.29, 0.717) is 23.0 Å². The molecule has 0 amide bonds. The molecule has 4 rings (SSSR count). The largest absolute Gasteiger partial charge is 0.507 e. The highest BCUT2D eigenvalue weighted by Gasteiger charge is 2.14. The van der Waals surface area contributed by atoms with Gasteiger partial charge in [-0.25, -0.2) is 15.0 Å². The van der Waals surface area contributed by atoms with Crippen LogP contribution in [0.2, 0.25) is 0 Å². The normalized spacial score (nSPS) is 10.7. The standard InChI is InChI=1S/C24H21N3O2/c1-15-4-7-17(8-5-15)22-25-23(18-9-11-19(29-3)12-10-18)27-24(26-22)20-13-6-16(2)14-21(20)28/h4-14,28H,1-3H3. The number of phenolic OH excluding ortho intramolecular Hbond substituents is 1. The van der Waals surface area contributed by atoms with E-state index < -0.39 is 0 Å². The van der Waals surface area contributed by atoms with E-state index in [1.54, 1.807) is 13.2 Å². The Morgan fingerprint density at radius 2 is 1.17 bits per heavy atom. The predicted molar refractivity (Wildman–Crippen MR) is 114 cm³/mol. The van der Waals surface area contributed by atoms with Gasteiger partial charge in [-0.1, -0.05) is 35.9 Å². The maximum absolute atomic E-state index is 10.5. The average Bonchev–Trinajstić information content (AvgIpc) is 2.74. The number of rotatable bonds is 4. The SMILES string of the molecule is COc1ccc(-c2nc(-c3ccc(C)cc3)nc(-c3ccc(C)cc3O)n2)cc1. The van der Waals surface area contributed by atoms with Crippen molar-refractivity contribution in [2.24, 2.45) is 0 Å². The quantitative estimate of drug-likeness (QED) is 0.524. The van der Waals surface area contributed by atoms with Crippen LogP contribution in [0, 0.1) is 13.8 Å². The van der Waals surface area contributed by atoms with Crippen LogP contribution < -0.4 is 4.74 Å². The lowest BCUT2D eigenvalue weighted by Gasteiger charge is -2.10. The van der Waals surface area contributed by atoms with Gasteiger partial charge in [-0.3, -0.25) is 0 Å². The third kappa shape index (κ3) is 3.94. The number of phenols is 1. The first kappa shape index (κ1) is 18.6. The predicted octanol–water partition coefficient (Wildman–Crippen LogP) is 5.20. The van der Waals surface area contributed by atoms with Gasteiger partial charge in [-0.2, -0.15) is 0 Å². The molecule has 144 valence electrons. The van der Waals surface area contributed by atoms with Crippen LogP contribution in [0.15, 0.2) is 66.7 Å². The molecule has 0 unspecified atom stereocenters. The molecule has 0 atom stereocenters. The highest BCUT2D eigenvalue weighted by atomic mass is 16.5. The van der Waals surface area contributed by atoms with Crippen LogP contribution in [0.25, 0.3) is 34.2 Å². The molecule has 0 saturated heterocycles. The summed E-state index contributed by atoms with van der Waals surface area (Å²) < 4.78 is 5.24. The molecule has 4 aromatic rings. The molecule has 0 aliphatic heterocycles. The summed E-state index contributed by atoms with van der Waals surface area (Å²) in [6.45, 7) is 3.97. The van der Waals surface area contributed by atoms with Crippen molar-refractivity contribution < 1.29 is 9.84 Å². The monoisotopic (exact) mass is 383 g/mol. The number of hydrogen-bond donors (Lipinski definition) is 1. The summed E-state index contributed by atoms with van der Waals surface area (Å²) in [6.07, 6.45) is 0. The van der Waals surface area contributed by atoms with E-state index in [0.717, 1.165) is 28.0 Å². The first-order valence-corrected chi connectivity index (χ1v) is 9.31. The minimum atomic E-state index is 0.145. The Morgan fingerprint density at radius 3 is 1.72 bits per heavy atom. The van der Waals surface area contributed by atoms with Gasteiger partial charge < -0.3 is 9.84 Å². The Balaban J connectivity index is 1.90. The van der Waals surface area contributed by atoms with Crippen LogP contribution in [0.1, 0.15) is 11.1 Å². The van der Waals surface area contributed by atoms with Crippen molar-refractivity contribution in [2.75, 3.05) is 7.11 Å². The highest BCUT2D eigenvalue weighted by Crippen LogP contribution is 2.31. The number of aryl methyl sites for hydroxylation is 2. The molecule has 1 aromatic heterocycles. The van der Waals surface area contributed by atoms with Crippen molar-refractivity contribution >= 4 is 0 Å². The summed E-state index contributed by atoms with van der Waals surface area (Å²) in [7, 11) is 1.63. The first-order valence-electron chi connectivity index (χ1n) is 9.31. The van der Waals surface area contributed by atoms with Crippen molar-refractivity contribution in [3.63, 3.8) is 0 Å². The van der Waals surface area contributed by atoms with Crippen LogP contribution in [0.3, 0.4) is 0 Å². The van der Waals surface area contributed by atoms with E-state index >= 15 is 0 Å². The van der Waals surface area contributed by atoms with Crippen molar-refractivity contribution in [1.82, 2.24) is 15.0 Å². The molecule has 29 heavy (non-hydrogen) atoms. The fraction of sp³-hybridized carbons (Fsp3) is 0.125. The second-order valence-corrected chi connectivity index (χ2v) is 6.92. The minimum Gasteiger partial charge on any atom is -0.507 e. The molecule has 1 N–H and O–H groups in total. The summed E-state index contributed by atoms with van der Waals surface area (Å²) in [5.41, 5.74) is 4.43. The minimum absolute atomic E-state index is 0.145. The summed E-state index contributed by atoms with van der Waals surface area (Å²) in [6, 6.07) is 21.0. The lowest BCUT2D eigenvalue weighted by Crippen LogP contribution is -2.00. The third-order valence-electron chi connectivity index (χ3n) is 4.69. The molecule has 1 heterocycles. The zero-order chi connectivity index (χ0) is 20.4. The van der Waals surface area contributed by atoms with Crippen LogP contribution in [-0.4, -0.2) is 27.2 Å². The fourth-order valence-electron chi connectivity index (χ4n) is 3.03. The Hall–Kier alpha value is -3.73. The van der Waals surface area contributed by atoms with Gasteiger partial charge in [0.2, 0.25) is 0 Å². The van der Waals surface area contributed by atoms with E-state index in [1.165, 1.54) is 0 Å². The summed E-state index contributed by atoms with van der Waals surface area (Å²) in [5.74, 6) is 2.43. The van der Waals surface area contributed by atoms with Crippen molar-refractivity contribution in [3.05, 3.63) is 77.9 Å². The highest BCUT2D eigenvalue weighted by molar-refractivity contribution is 5.70. The number of aromatic hydroxyl groups is 1. The molecule has 0 fully saturated rings. The molecule has 5 nitrogen and oxygen atoms in total.